The fourth-order valence-corrected chi connectivity index (χ4v) is 2.93. The maximum Gasteiger partial charge on any atom is 0.0700 e. The molecule has 2 heterocycles. The van der Waals surface area contributed by atoms with Gasteiger partial charge in [0.05, 0.1) is 11.8 Å². The molecular formula is C11H14Br2N2O. The Balaban J connectivity index is 1.94. The molecule has 0 amide bonds. The number of hydrogen-bond donors (Lipinski definition) is 1. The van der Waals surface area contributed by atoms with Gasteiger partial charge in [0.15, 0.2) is 0 Å². The van der Waals surface area contributed by atoms with E-state index in [4.69, 9.17) is 4.74 Å². The third-order valence-electron chi connectivity index (χ3n) is 2.79. The normalized spacial score (nSPS) is 24.9. The molecule has 88 valence electrons. The van der Waals surface area contributed by atoms with Gasteiger partial charge < -0.3 is 10.1 Å². The lowest BCUT2D eigenvalue weighted by atomic mass is 10.1. The van der Waals surface area contributed by atoms with Crippen molar-refractivity contribution in [3.8, 4) is 0 Å². The minimum atomic E-state index is 0.300. The summed E-state index contributed by atoms with van der Waals surface area (Å²) in [4.78, 5) is 4.37. The van der Waals surface area contributed by atoms with Crippen molar-refractivity contribution < 1.29 is 4.74 Å². The first kappa shape index (κ1) is 12.5. The van der Waals surface area contributed by atoms with Crippen LogP contribution in [0.15, 0.2) is 21.2 Å². The molecule has 1 N–H and O–H groups in total. The number of pyridine rings is 1. The molecule has 0 saturated carbocycles. The van der Waals surface area contributed by atoms with Gasteiger partial charge in [-0.2, -0.15) is 0 Å². The van der Waals surface area contributed by atoms with Gasteiger partial charge in [-0.15, -0.1) is 0 Å². The van der Waals surface area contributed by atoms with E-state index in [1.165, 1.54) is 0 Å². The first-order valence-corrected chi connectivity index (χ1v) is 6.90. The van der Waals surface area contributed by atoms with Gasteiger partial charge >= 0.3 is 0 Å². The van der Waals surface area contributed by atoms with Crippen molar-refractivity contribution in [3.05, 3.63) is 26.9 Å². The average Bonchev–Trinajstić information content (AvgIpc) is 2.63. The number of nitrogens with one attached hydrogen (secondary N) is 1. The Kier molecular flexibility index (Phi) is 4.35. The van der Waals surface area contributed by atoms with Crippen molar-refractivity contribution in [1.29, 1.82) is 0 Å². The van der Waals surface area contributed by atoms with Crippen LogP contribution in [0.5, 0.6) is 0 Å². The lowest BCUT2D eigenvalue weighted by Crippen LogP contribution is -2.34. The summed E-state index contributed by atoms with van der Waals surface area (Å²) in [6.45, 7) is 3.73. The topological polar surface area (TPSA) is 34.1 Å². The van der Waals surface area contributed by atoms with Crippen LogP contribution in [0, 0.1) is 0 Å². The smallest absolute Gasteiger partial charge is 0.0700 e. The molecule has 2 rings (SSSR count). The Morgan fingerprint density at radius 3 is 3.00 bits per heavy atom. The summed E-state index contributed by atoms with van der Waals surface area (Å²) >= 11 is 6.90. The second-order valence-electron chi connectivity index (χ2n) is 3.93. The zero-order chi connectivity index (χ0) is 11.5. The number of hydrogen-bond acceptors (Lipinski definition) is 3. The molecule has 2 unspecified atom stereocenters. The second kappa shape index (κ2) is 5.58. The van der Waals surface area contributed by atoms with E-state index in [0.29, 0.717) is 12.1 Å². The number of rotatable bonds is 3. The summed E-state index contributed by atoms with van der Waals surface area (Å²) in [5.41, 5.74) is 1.03. The molecular weight excluding hydrogens is 336 g/mol. The lowest BCUT2D eigenvalue weighted by molar-refractivity contribution is 0.113. The first-order chi connectivity index (χ1) is 7.66. The molecule has 0 aromatic carbocycles. The minimum absolute atomic E-state index is 0.300. The van der Waals surface area contributed by atoms with E-state index in [9.17, 15) is 0 Å². The van der Waals surface area contributed by atoms with E-state index >= 15 is 0 Å². The maximum atomic E-state index is 5.50. The SMILES string of the molecule is CC1OCCC1NCc1ncc(Br)cc1Br. The number of aromatic nitrogens is 1. The van der Waals surface area contributed by atoms with Gasteiger partial charge in [-0.3, -0.25) is 4.98 Å². The van der Waals surface area contributed by atoms with Crippen molar-refractivity contribution in [1.82, 2.24) is 10.3 Å². The summed E-state index contributed by atoms with van der Waals surface area (Å²) in [5, 5.41) is 3.48. The minimum Gasteiger partial charge on any atom is -0.377 e. The van der Waals surface area contributed by atoms with Crippen molar-refractivity contribution in [2.75, 3.05) is 6.61 Å². The van der Waals surface area contributed by atoms with E-state index in [0.717, 1.165) is 34.2 Å². The van der Waals surface area contributed by atoms with Crippen LogP contribution in [-0.2, 0) is 11.3 Å². The fourth-order valence-electron chi connectivity index (χ4n) is 1.80. The molecule has 3 nitrogen and oxygen atoms in total. The molecule has 1 aromatic heterocycles. The van der Waals surface area contributed by atoms with Crippen LogP contribution in [0.3, 0.4) is 0 Å². The average molecular weight is 350 g/mol. The Labute approximate surface area is 112 Å². The van der Waals surface area contributed by atoms with Gasteiger partial charge in [0.2, 0.25) is 0 Å². The predicted molar refractivity (Wildman–Crippen MR) is 70.3 cm³/mol. The summed E-state index contributed by atoms with van der Waals surface area (Å²) in [7, 11) is 0. The first-order valence-electron chi connectivity index (χ1n) is 5.31. The molecule has 2 atom stereocenters. The Bertz CT molecular complexity index is 373. The molecule has 1 aliphatic rings. The fraction of sp³-hybridized carbons (Fsp3) is 0.545. The van der Waals surface area contributed by atoms with Crippen molar-refractivity contribution in [3.63, 3.8) is 0 Å². The number of nitrogens with zero attached hydrogens (tertiary/aromatic N) is 1. The van der Waals surface area contributed by atoms with Crippen molar-refractivity contribution in [2.45, 2.75) is 32.0 Å². The largest absolute Gasteiger partial charge is 0.377 e. The van der Waals surface area contributed by atoms with Crippen LogP contribution in [0.2, 0.25) is 0 Å². The molecule has 1 aliphatic heterocycles. The standard InChI is InChI=1S/C11H14Br2N2O/c1-7-10(2-3-16-7)15-6-11-9(13)4-8(12)5-14-11/h4-5,7,10,15H,2-3,6H2,1H3. The van der Waals surface area contributed by atoms with E-state index in [-0.39, 0.29) is 0 Å². The van der Waals surface area contributed by atoms with Gasteiger partial charge in [0.25, 0.3) is 0 Å². The van der Waals surface area contributed by atoms with Crippen LogP contribution in [0.25, 0.3) is 0 Å². The third-order valence-corrected chi connectivity index (χ3v) is 3.91. The number of ether oxygens (including phenoxy) is 1. The summed E-state index contributed by atoms with van der Waals surface area (Å²) < 4.78 is 7.52. The molecule has 5 heteroatoms. The molecule has 1 fully saturated rings. The summed E-state index contributed by atoms with van der Waals surface area (Å²) in [5.74, 6) is 0. The molecule has 0 aliphatic carbocycles. The Morgan fingerprint density at radius 1 is 1.56 bits per heavy atom. The summed E-state index contributed by atoms with van der Waals surface area (Å²) in [6, 6.07) is 2.45. The second-order valence-corrected chi connectivity index (χ2v) is 5.70. The van der Waals surface area contributed by atoms with Crippen LogP contribution in [0.4, 0.5) is 0 Å². The summed E-state index contributed by atoms with van der Waals surface area (Å²) in [6.07, 6.45) is 3.19. The highest BCUT2D eigenvalue weighted by atomic mass is 79.9. The lowest BCUT2D eigenvalue weighted by Gasteiger charge is -2.16. The highest BCUT2D eigenvalue weighted by Gasteiger charge is 2.23. The van der Waals surface area contributed by atoms with Gasteiger partial charge in [-0.1, -0.05) is 0 Å². The van der Waals surface area contributed by atoms with Crippen LogP contribution in [-0.4, -0.2) is 23.7 Å². The molecule has 1 aromatic rings. The maximum absolute atomic E-state index is 5.50. The highest BCUT2D eigenvalue weighted by molar-refractivity contribution is 9.11. The van der Waals surface area contributed by atoms with Crippen LogP contribution >= 0.6 is 31.9 Å². The van der Waals surface area contributed by atoms with Gasteiger partial charge in [0.1, 0.15) is 0 Å². The van der Waals surface area contributed by atoms with E-state index in [2.05, 4.69) is 49.1 Å². The van der Waals surface area contributed by atoms with E-state index in [1.807, 2.05) is 12.3 Å². The monoisotopic (exact) mass is 348 g/mol. The zero-order valence-electron chi connectivity index (χ0n) is 9.04. The quantitative estimate of drug-likeness (QED) is 0.911. The molecule has 0 radical (unpaired) electrons. The predicted octanol–water partition coefficient (Wildman–Crippen LogP) is 2.87. The third kappa shape index (κ3) is 3.03. The van der Waals surface area contributed by atoms with Crippen LogP contribution in [0.1, 0.15) is 19.0 Å². The Hall–Kier alpha value is 0.0300. The van der Waals surface area contributed by atoms with E-state index < -0.39 is 0 Å². The van der Waals surface area contributed by atoms with Gasteiger partial charge in [-0.05, 0) is 51.3 Å². The van der Waals surface area contributed by atoms with Crippen LogP contribution < -0.4 is 5.32 Å². The van der Waals surface area contributed by atoms with Gasteiger partial charge in [-0.25, -0.2) is 0 Å². The molecule has 0 spiro atoms. The van der Waals surface area contributed by atoms with Gasteiger partial charge in [0, 0.05) is 34.3 Å². The van der Waals surface area contributed by atoms with Crippen molar-refractivity contribution >= 4 is 31.9 Å². The zero-order valence-corrected chi connectivity index (χ0v) is 12.2. The highest BCUT2D eigenvalue weighted by Crippen LogP contribution is 2.20. The molecule has 1 saturated heterocycles. The van der Waals surface area contributed by atoms with Crippen molar-refractivity contribution in [2.24, 2.45) is 0 Å². The van der Waals surface area contributed by atoms with E-state index in [1.54, 1.807) is 0 Å². The molecule has 16 heavy (non-hydrogen) atoms. The number of halogens is 2. The Morgan fingerprint density at radius 2 is 2.38 bits per heavy atom. The molecule has 0 bridgehead atoms.